The highest BCUT2D eigenvalue weighted by atomic mass is 16.5. The van der Waals surface area contributed by atoms with Crippen LogP contribution in [-0.4, -0.2) is 43.5 Å². The van der Waals surface area contributed by atoms with Gasteiger partial charge >= 0.3 is 0 Å². The van der Waals surface area contributed by atoms with Crippen molar-refractivity contribution in [2.24, 2.45) is 5.92 Å². The van der Waals surface area contributed by atoms with E-state index in [0.29, 0.717) is 24.3 Å². The number of hydrogen-bond donors (Lipinski definition) is 0. The predicted octanol–water partition coefficient (Wildman–Crippen LogP) is 3.47. The molecule has 0 aromatic heterocycles. The minimum atomic E-state index is 0.278. The van der Waals surface area contributed by atoms with Crippen molar-refractivity contribution in [2.75, 3.05) is 20.8 Å². The van der Waals surface area contributed by atoms with Gasteiger partial charge < -0.3 is 9.47 Å². The molecule has 2 aliphatic rings. The first-order valence-electron chi connectivity index (χ1n) is 9.13. The molecule has 1 aromatic carbocycles. The number of methoxy groups -OCH3 is 2. The van der Waals surface area contributed by atoms with E-state index in [0.717, 1.165) is 30.9 Å². The quantitative estimate of drug-likeness (QED) is 0.828. The maximum Gasteiger partial charge on any atom is 0.160 e. The summed E-state index contributed by atoms with van der Waals surface area (Å²) in [6.45, 7) is 3.21. The summed E-state index contributed by atoms with van der Waals surface area (Å²) in [5.74, 6) is 2.33. The molecule has 1 saturated carbocycles. The number of hydrogen-bond acceptors (Lipinski definition) is 4. The Balaban J connectivity index is 1.69. The molecule has 0 spiro atoms. The van der Waals surface area contributed by atoms with Crippen LogP contribution in [0.15, 0.2) is 18.2 Å². The molecule has 132 valence electrons. The minimum Gasteiger partial charge on any atom is -0.493 e. The van der Waals surface area contributed by atoms with E-state index in [1.165, 1.54) is 24.8 Å². The van der Waals surface area contributed by atoms with Crippen molar-refractivity contribution in [3.8, 4) is 11.5 Å². The third kappa shape index (κ3) is 3.44. The van der Waals surface area contributed by atoms with E-state index < -0.39 is 0 Å². The fourth-order valence-corrected chi connectivity index (χ4v) is 4.45. The topological polar surface area (TPSA) is 38.8 Å². The van der Waals surface area contributed by atoms with E-state index in [4.69, 9.17) is 9.47 Å². The summed E-state index contributed by atoms with van der Waals surface area (Å²) in [4.78, 5) is 14.9. The van der Waals surface area contributed by atoms with Crippen LogP contribution in [0.25, 0.3) is 0 Å². The zero-order chi connectivity index (χ0) is 17.1. The summed E-state index contributed by atoms with van der Waals surface area (Å²) in [7, 11) is 3.33. The van der Waals surface area contributed by atoms with Crippen LogP contribution in [-0.2, 0) is 11.2 Å². The Kier molecular flexibility index (Phi) is 5.44. The van der Waals surface area contributed by atoms with Crippen LogP contribution < -0.4 is 9.47 Å². The molecule has 2 fully saturated rings. The summed E-state index contributed by atoms with van der Waals surface area (Å²) in [6, 6.07) is 6.96. The summed E-state index contributed by atoms with van der Waals surface area (Å²) < 4.78 is 10.7. The number of benzene rings is 1. The van der Waals surface area contributed by atoms with Crippen LogP contribution in [0.4, 0.5) is 0 Å². The molecule has 4 nitrogen and oxygen atoms in total. The molecular weight excluding hydrogens is 302 g/mol. The number of Topliss-reactive ketones (excluding diaryl/α,β-unsaturated/α-hetero) is 1. The lowest BCUT2D eigenvalue weighted by molar-refractivity contribution is -0.133. The van der Waals surface area contributed by atoms with Gasteiger partial charge in [-0.2, -0.15) is 0 Å². The first-order chi connectivity index (χ1) is 11.6. The number of rotatable bonds is 5. The lowest BCUT2D eigenvalue weighted by Crippen LogP contribution is -2.55. The van der Waals surface area contributed by atoms with Gasteiger partial charge in [0.1, 0.15) is 5.78 Å². The van der Waals surface area contributed by atoms with Gasteiger partial charge in [0.15, 0.2) is 11.5 Å². The van der Waals surface area contributed by atoms with Crippen molar-refractivity contribution in [1.29, 1.82) is 0 Å². The second kappa shape index (κ2) is 7.56. The highest BCUT2D eigenvalue weighted by Crippen LogP contribution is 2.36. The third-order valence-electron chi connectivity index (χ3n) is 5.74. The average Bonchev–Trinajstić information content (AvgIpc) is 2.61. The van der Waals surface area contributed by atoms with Gasteiger partial charge in [-0.05, 0) is 43.9 Å². The van der Waals surface area contributed by atoms with Crippen LogP contribution in [0.1, 0.15) is 44.6 Å². The largest absolute Gasteiger partial charge is 0.493 e. The molecule has 1 heterocycles. The molecular formula is C20H29NO3. The van der Waals surface area contributed by atoms with Crippen molar-refractivity contribution < 1.29 is 14.3 Å². The molecule has 3 rings (SSSR count). The number of ether oxygens (including phenoxy) is 2. The van der Waals surface area contributed by atoms with Crippen LogP contribution in [0.2, 0.25) is 0 Å². The molecule has 3 unspecified atom stereocenters. The molecule has 0 N–H and O–H groups in total. The maximum atomic E-state index is 12.4. The molecule has 0 amide bonds. The van der Waals surface area contributed by atoms with Gasteiger partial charge in [0.25, 0.3) is 0 Å². The van der Waals surface area contributed by atoms with E-state index in [2.05, 4.69) is 24.0 Å². The molecule has 24 heavy (non-hydrogen) atoms. The number of fused-ring (bicyclic) bond motifs is 1. The Bertz CT molecular complexity index is 586. The van der Waals surface area contributed by atoms with E-state index in [1.807, 2.05) is 6.07 Å². The number of piperidine rings is 1. The van der Waals surface area contributed by atoms with Gasteiger partial charge in [-0.3, -0.25) is 9.69 Å². The summed E-state index contributed by atoms with van der Waals surface area (Å²) in [5.41, 5.74) is 1.25. The normalized spacial score (nSPS) is 27.6. The zero-order valence-corrected chi connectivity index (χ0v) is 15.1. The van der Waals surface area contributed by atoms with Crippen molar-refractivity contribution in [3.63, 3.8) is 0 Å². The number of carbonyl (C=O) groups excluding carboxylic acids is 1. The van der Waals surface area contributed by atoms with Crippen LogP contribution >= 0.6 is 0 Å². The molecule has 1 saturated heterocycles. The molecule has 4 heteroatoms. The first-order valence-corrected chi connectivity index (χ1v) is 9.13. The smallest absolute Gasteiger partial charge is 0.160 e. The highest BCUT2D eigenvalue weighted by molar-refractivity contribution is 5.83. The number of likely N-dealkylation sites (tertiary alicyclic amines) is 1. The van der Waals surface area contributed by atoms with Gasteiger partial charge in [-0.25, -0.2) is 0 Å². The summed E-state index contributed by atoms with van der Waals surface area (Å²) in [5, 5.41) is 0. The lowest BCUT2D eigenvalue weighted by Gasteiger charge is -2.46. The third-order valence-corrected chi connectivity index (χ3v) is 5.74. The SMILES string of the molecule is COc1ccc(CCN2C(C)CC(=O)C3CCCCC32)cc1OC. The fraction of sp³-hybridized carbons (Fsp3) is 0.650. The minimum absolute atomic E-state index is 0.278. The fourth-order valence-electron chi connectivity index (χ4n) is 4.45. The van der Waals surface area contributed by atoms with Crippen molar-refractivity contribution in [1.82, 2.24) is 4.90 Å². The first kappa shape index (κ1) is 17.3. The van der Waals surface area contributed by atoms with E-state index in [9.17, 15) is 4.79 Å². The molecule has 3 atom stereocenters. The van der Waals surface area contributed by atoms with Gasteiger partial charge in [0, 0.05) is 31.0 Å². The number of carbonyl (C=O) groups is 1. The van der Waals surface area contributed by atoms with E-state index >= 15 is 0 Å². The van der Waals surface area contributed by atoms with Gasteiger partial charge in [-0.15, -0.1) is 0 Å². The highest BCUT2D eigenvalue weighted by Gasteiger charge is 2.41. The van der Waals surface area contributed by atoms with Gasteiger partial charge in [0.2, 0.25) is 0 Å². The Morgan fingerprint density at radius 1 is 1.12 bits per heavy atom. The number of ketones is 1. The molecule has 0 bridgehead atoms. The Morgan fingerprint density at radius 3 is 2.62 bits per heavy atom. The predicted molar refractivity (Wildman–Crippen MR) is 94.8 cm³/mol. The average molecular weight is 331 g/mol. The van der Waals surface area contributed by atoms with E-state index in [-0.39, 0.29) is 5.92 Å². The Labute approximate surface area is 145 Å². The monoisotopic (exact) mass is 331 g/mol. The van der Waals surface area contributed by atoms with Gasteiger partial charge in [0.05, 0.1) is 14.2 Å². The summed E-state index contributed by atoms with van der Waals surface area (Å²) >= 11 is 0. The van der Waals surface area contributed by atoms with Gasteiger partial charge in [-0.1, -0.05) is 18.9 Å². The lowest BCUT2D eigenvalue weighted by atomic mass is 9.75. The zero-order valence-electron chi connectivity index (χ0n) is 15.1. The van der Waals surface area contributed by atoms with E-state index in [1.54, 1.807) is 14.2 Å². The molecule has 1 aromatic rings. The molecule has 0 radical (unpaired) electrons. The van der Waals surface area contributed by atoms with Crippen molar-refractivity contribution >= 4 is 5.78 Å². The second-order valence-corrected chi connectivity index (χ2v) is 7.15. The standard InChI is InChI=1S/C20H29NO3/c1-14-12-18(22)16-6-4-5-7-17(16)21(14)11-10-15-8-9-19(23-2)20(13-15)24-3/h8-9,13-14,16-17H,4-7,10-12H2,1-3H3. The molecule has 1 aliphatic carbocycles. The van der Waals surface area contributed by atoms with Crippen LogP contribution in [0.5, 0.6) is 11.5 Å². The second-order valence-electron chi connectivity index (χ2n) is 7.15. The van der Waals surface area contributed by atoms with Crippen LogP contribution in [0, 0.1) is 5.92 Å². The molecule has 1 aliphatic heterocycles. The van der Waals surface area contributed by atoms with Crippen molar-refractivity contribution in [3.05, 3.63) is 23.8 Å². The maximum absolute atomic E-state index is 12.4. The Hall–Kier alpha value is -1.55. The van der Waals surface area contributed by atoms with Crippen molar-refractivity contribution in [2.45, 2.75) is 57.5 Å². The number of nitrogens with zero attached hydrogens (tertiary/aromatic N) is 1. The van der Waals surface area contributed by atoms with Crippen LogP contribution in [0.3, 0.4) is 0 Å². The Morgan fingerprint density at radius 2 is 1.88 bits per heavy atom. The summed E-state index contributed by atoms with van der Waals surface area (Å²) in [6.07, 6.45) is 6.42.